The highest BCUT2D eigenvalue weighted by molar-refractivity contribution is 5.96. The van der Waals surface area contributed by atoms with Gasteiger partial charge in [-0.15, -0.1) is 0 Å². The van der Waals surface area contributed by atoms with Crippen molar-refractivity contribution in [2.75, 3.05) is 65.6 Å². The second-order valence-electron chi connectivity index (χ2n) is 10.8. The number of benzene rings is 1. The van der Waals surface area contributed by atoms with Crippen LogP contribution in [0.1, 0.15) is 28.5 Å². The summed E-state index contributed by atoms with van der Waals surface area (Å²) in [4.78, 5) is 43.9. The number of hydrogen-bond donors (Lipinski definition) is 3. The molecule has 0 unspecified atom stereocenters. The molecule has 2 saturated heterocycles. The molecule has 0 atom stereocenters. The molecule has 2 fully saturated rings. The van der Waals surface area contributed by atoms with Crippen LogP contribution in [-0.4, -0.2) is 117 Å². The number of rotatable bonds is 8. The third-order valence-electron chi connectivity index (χ3n) is 8.17. The van der Waals surface area contributed by atoms with E-state index in [4.69, 9.17) is 4.74 Å². The van der Waals surface area contributed by atoms with E-state index in [9.17, 15) is 9.59 Å². The number of hydrogen-bond acceptors (Lipinski definition) is 8. The third kappa shape index (κ3) is 5.78. The van der Waals surface area contributed by atoms with Gasteiger partial charge in [0.1, 0.15) is 11.4 Å². The number of carbonyl (C=O) groups excluding carboxylic acids is 2. The average molecular weight is 572 g/mol. The van der Waals surface area contributed by atoms with E-state index in [-0.39, 0.29) is 11.8 Å². The van der Waals surface area contributed by atoms with E-state index in [2.05, 4.69) is 61.3 Å². The van der Waals surface area contributed by atoms with Gasteiger partial charge in [-0.05, 0) is 42.3 Å². The Morgan fingerprint density at radius 1 is 1.02 bits per heavy atom. The Morgan fingerprint density at radius 3 is 2.62 bits per heavy atom. The quantitative estimate of drug-likeness (QED) is 0.293. The zero-order valence-electron chi connectivity index (χ0n) is 24.2. The number of piperazine rings is 1. The lowest BCUT2D eigenvalue weighted by Gasteiger charge is -2.35. The van der Waals surface area contributed by atoms with Gasteiger partial charge in [-0.3, -0.25) is 24.6 Å². The summed E-state index contributed by atoms with van der Waals surface area (Å²) in [5.74, 6) is 0.554. The molecule has 0 spiro atoms. The molecule has 0 aliphatic carbocycles. The molecule has 42 heavy (non-hydrogen) atoms. The molecule has 3 aromatic heterocycles. The van der Waals surface area contributed by atoms with Gasteiger partial charge in [0.15, 0.2) is 5.82 Å². The second-order valence-corrected chi connectivity index (χ2v) is 10.8. The molecule has 2 aliphatic rings. The monoisotopic (exact) mass is 571 g/mol. The molecule has 0 bridgehead atoms. The minimum absolute atomic E-state index is 0.104. The third-order valence-corrected chi connectivity index (χ3v) is 8.17. The molecule has 0 saturated carbocycles. The number of H-pyrrole nitrogens is 2. The molecule has 0 radical (unpaired) electrons. The van der Waals surface area contributed by atoms with E-state index >= 15 is 0 Å². The Balaban J connectivity index is 1.14. The predicted octanol–water partition coefficient (Wildman–Crippen LogP) is 2.05. The Bertz CT molecular complexity index is 1570. The standard InChI is InChI=1S/C30H37N9O3/c1-3-31-15-22-16-32-17-24(20(22)2)21-4-5-25-23(14-21)28(36-35-25)29-33-18-26(34-29)30(41)39-8-6-37(7-9-39)19-27(40)38-10-12-42-13-11-38/h4-5,14,16-18,31H,3,6-13,15,19H2,1-2H3,(H,33,34)(H,35,36). The van der Waals surface area contributed by atoms with Crippen molar-refractivity contribution in [1.82, 2.24) is 45.2 Å². The van der Waals surface area contributed by atoms with Gasteiger partial charge >= 0.3 is 0 Å². The lowest BCUT2D eigenvalue weighted by molar-refractivity contribution is -0.136. The number of amides is 2. The summed E-state index contributed by atoms with van der Waals surface area (Å²) in [6.45, 7) is 11.1. The van der Waals surface area contributed by atoms with Crippen molar-refractivity contribution < 1.29 is 14.3 Å². The van der Waals surface area contributed by atoms with Gasteiger partial charge in [0, 0.05) is 69.2 Å². The van der Waals surface area contributed by atoms with Crippen LogP contribution in [0.25, 0.3) is 33.5 Å². The minimum atomic E-state index is -0.104. The van der Waals surface area contributed by atoms with E-state index in [1.165, 1.54) is 11.1 Å². The van der Waals surface area contributed by atoms with Crippen LogP contribution < -0.4 is 5.32 Å². The largest absolute Gasteiger partial charge is 0.378 e. The number of nitrogens with zero attached hydrogens (tertiary/aromatic N) is 6. The Morgan fingerprint density at radius 2 is 1.83 bits per heavy atom. The van der Waals surface area contributed by atoms with E-state index in [0.29, 0.717) is 76.2 Å². The molecule has 1 aromatic carbocycles. The number of carbonyl (C=O) groups is 2. The fourth-order valence-electron chi connectivity index (χ4n) is 5.59. The Hall–Kier alpha value is -4.13. The van der Waals surface area contributed by atoms with Gasteiger partial charge in [-0.1, -0.05) is 13.0 Å². The summed E-state index contributed by atoms with van der Waals surface area (Å²) in [7, 11) is 0. The van der Waals surface area contributed by atoms with Crippen molar-refractivity contribution in [3.05, 3.63) is 53.6 Å². The lowest BCUT2D eigenvalue weighted by Crippen LogP contribution is -2.52. The zero-order valence-corrected chi connectivity index (χ0v) is 24.2. The van der Waals surface area contributed by atoms with E-state index < -0.39 is 0 Å². The van der Waals surface area contributed by atoms with E-state index in [1.54, 1.807) is 6.20 Å². The number of pyridine rings is 1. The van der Waals surface area contributed by atoms with Gasteiger partial charge in [-0.2, -0.15) is 5.10 Å². The number of ether oxygens (including phenoxy) is 1. The van der Waals surface area contributed by atoms with Crippen LogP contribution in [0, 0.1) is 6.92 Å². The molecule has 5 heterocycles. The first-order valence-electron chi connectivity index (χ1n) is 14.6. The predicted molar refractivity (Wildman–Crippen MR) is 159 cm³/mol. The SMILES string of the molecule is CCNCc1cncc(-c2ccc3[nH]nc(-c4ncc(C(=O)N5CCN(CC(=O)N6CCOCC6)CC5)[nH]4)c3c2)c1C. The summed E-state index contributed by atoms with van der Waals surface area (Å²) >= 11 is 0. The van der Waals surface area contributed by atoms with Crippen LogP contribution in [0.3, 0.4) is 0 Å². The fraction of sp³-hybridized carbons (Fsp3) is 0.433. The smallest absolute Gasteiger partial charge is 0.272 e. The first kappa shape index (κ1) is 28.0. The minimum Gasteiger partial charge on any atom is -0.378 e. The lowest BCUT2D eigenvalue weighted by atomic mass is 9.98. The molecule has 220 valence electrons. The van der Waals surface area contributed by atoms with Crippen LogP contribution in [0.2, 0.25) is 0 Å². The Kier molecular flexibility index (Phi) is 8.27. The number of morpholine rings is 1. The molecule has 2 amide bonds. The summed E-state index contributed by atoms with van der Waals surface area (Å²) in [5, 5.41) is 11.9. The van der Waals surface area contributed by atoms with Crippen LogP contribution >= 0.6 is 0 Å². The van der Waals surface area contributed by atoms with E-state index in [1.807, 2.05) is 28.3 Å². The van der Waals surface area contributed by atoms with Crippen LogP contribution in [0.5, 0.6) is 0 Å². The van der Waals surface area contributed by atoms with Gasteiger partial charge in [0.25, 0.3) is 5.91 Å². The molecular formula is C30H37N9O3. The van der Waals surface area contributed by atoms with Gasteiger partial charge in [-0.25, -0.2) is 4.98 Å². The van der Waals surface area contributed by atoms with Gasteiger partial charge < -0.3 is 24.8 Å². The molecule has 6 rings (SSSR count). The maximum atomic E-state index is 13.3. The average Bonchev–Trinajstić information content (AvgIpc) is 3.68. The molecule has 12 heteroatoms. The summed E-state index contributed by atoms with van der Waals surface area (Å²) in [6, 6.07) is 6.17. The summed E-state index contributed by atoms with van der Waals surface area (Å²) in [5.41, 5.74) is 6.43. The van der Waals surface area contributed by atoms with Gasteiger partial charge in [0.05, 0.1) is 31.5 Å². The Labute approximate surface area is 244 Å². The number of nitrogens with one attached hydrogen (secondary N) is 3. The summed E-state index contributed by atoms with van der Waals surface area (Å²) < 4.78 is 5.34. The van der Waals surface area contributed by atoms with Crippen LogP contribution in [-0.2, 0) is 16.1 Å². The normalized spacial score (nSPS) is 16.3. The van der Waals surface area contributed by atoms with Gasteiger partial charge in [0.2, 0.25) is 5.91 Å². The first-order valence-corrected chi connectivity index (χ1v) is 14.6. The van der Waals surface area contributed by atoms with Crippen molar-refractivity contribution in [2.24, 2.45) is 0 Å². The van der Waals surface area contributed by atoms with Crippen LogP contribution in [0.4, 0.5) is 0 Å². The molecule has 4 aromatic rings. The number of imidazole rings is 1. The van der Waals surface area contributed by atoms with Crippen molar-refractivity contribution >= 4 is 22.7 Å². The van der Waals surface area contributed by atoms with E-state index in [0.717, 1.165) is 35.1 Å². The second kappa shape index (κ2) is 12.4. The van der Waals surface area contributed by atoms with Crippen molar-refractivity contribution in [1.29, 1.82) is 0 Å². The highest BCUT2D eigenvalue weighted by Crippen LogP contribution is 2.31. The maximum Gasteiger partial charge on any atom is 0.272 e. The van der Waals surface area contributed by atoms with Crippen molar-refractivity contribution in [3.8, 4) is 22.6 Å². The zero-order chi connectivity index (χ0) is 29.1. The summed E-state index contributed by atoms with van der Waals surface area (Å²) in [6.07, 6.45) is 5.39. The van der Waals surface area contributed by atoms with Crippen molar-refractivity contribution in [2.45, 2.75) is 20.4 Å². The number of aromatic amines is 2. The molecule has 2 aliphatic heterocycles. The fourth-order valence-corrected chi connectivity index (χ4v) is 5.59. The molecule has 3 N–H and O–H groups in total. The molecular weight excluding hydrogens is 534 g/mol. The number of aromatic nitrogens is 5. The van der Waals surface area contributed by atoms with Crippen molar-refractivity contribution in [3.63, 3.8) is 0 Å². The highest BCUT2D eigenvalue weighted by Gasteiger charge is 2.27. The van der Waals surface area contributed by atoms with Crippen LogP contribution in [0.15, 0.2) is 36.8 Å². The first-order chi connectivity index (χ1) is 20.5. The molecule has 12 nitrogen and oxygen atoms in total. The highest BCUT2D eigenvalue weighted by atomic mass is 16.5. The number of fused-ring (bicyclic) bond motifs is 1. The maximum absolute atomic E-state index is 13.3. The topological polar surface area (TPSA) is 135 Å².